The molecule has 0 unspecified atom stereocenters. The van der Waals surface area contributed by atoms with E-state index in [1.165, 1.54) is 4.90 Å². The smallest absolute Gasteiger partial charge is 0.408 e. The molecule has 0 bridgehead atoms. The van der Waals surface area contributed by atoms with Crippen LogP contribution in [-0.2, 0) is 19.1 Å². The number of carboxylic acids is 1. The summed E-state index contributed by atoms with van der Waals surface area (Å²) in [4.78, 5) is 52.9. The highest BCUT2D eigenvalue weighted by Crippen LogP contribution is 2.45. The Hall–Kier alpha value is -2.58. The van der Waals surface area contributed by atoms with Crippen molar-refractivity contribution in [3.63, 3.8) is 0 Å². The lowest BCUT2D eigenvalue weighted by molar-refractivity contribution is -0.145. The van der Waals surface area contributed by atoms with Crippen molar-refractivity contribution in [3.8, 4) is 0 Å². The Morgan fingerprint density at radius 1 is 1.15 bits per heavy atom. The van der Waals surface area contributed by atoms with Gasteiger partial charge in [0, 0.05) is 12.5 Å². The van der Waals surface area contributed by atoms with Gasteiger partial charge < -0.3 is 25.4 Å². The molecule has 0 aromatic heterocycles. The first-order valence-electron chi connectivity index (χ1n) is 12.8. The number of hydrogen-bond acceptors (Lipinski definition) is 5. The summed E-state index contributed by atoms with van der Waals surface area (Å²) >= 11 is 0. The number of allylic oxidation sites excluding steroid dienone is 1. The van der Waals surface area contributed by atoms with Crippen LogP contribution in [0.5, 0.6) is 0 Å². The largest absolute Gasteiger partial charge is 0.479 e. The normalized spacial score (nSPS) is 35.9. The van der Waals surface area contributed by atoms with Crippen molar-refractivity contribution < 1.29 is 29.0 Å². The maximum Gasteiger partial charge on any atom is 0.408 e. The predicted octanol–water partition coefficient (Wildman–Crippen LogP) is 2.74. The Morgan fingerprint density at radius 3 is 2.62 bits per heavy atom. The average Bonchev–Trinajstić information content (AvgIpc) is 3.10. The maximum atomic E-state index is 13.6. The van der Waals surface area contributed by atoms with Gasteiger partial charge in [0.1, 0.15) is 23.7 Å². The Morgan fingerprint density at radius 2 is 1.88 bits per heavy atom. The molecule has 5 atom stereocenters. The third-order valence-corrected chi connectivity index (χ3v) is 7.74. The van der Waals surface area contributed by atoms with Crippen molar-refractivity contribution in [2.24, 2.45) is 11.8 Å². The molecule has 4 rings (SSSR count). The molecular weight excluding hydrogens is 438 g/mol. The fourth-order valence-corrected chi connectivity index (χ4v) is 5.64. The lowest BCUT2D eigenvalue weighted by atomic mass is 10.0. The number of ether oxygens (including phenoxy) is 1. The van der Waals surface area contributed by atoms with Crippen molar-refractivity contribution in [1.82, 2.24) is 15.5 Å². The number of hydrogen-bond donors (Lipinski definition) is 3. The molecule has 1 saturated heterocycles. The van der Waals surface area contributed by atoms with Crippen LogP contribution < -0.4 is 10.6 Å². The number of carboxylic acid groups (broad SMARTS) is 1. The molecule has 9 nitrogen and oxygen atoms in total. The molecule has 188 valence electrons. The molecule has 0 spiro atoms. The number of fused-ring (bicyclic) bond motifs is 2. The molecule has 0 radical (unpaired) electrons. The average molecular weight is 476 g/mol. The van der Waals surface area contributed by atoms with Crippen molar-refractivity contribution in [2.45, 2.75) is 101 Å². The van der Waals surface area contributed by atoms with E-state index < -0.39 is 35.6 Å². The highest BCUT2D eigenvalue weighted by molar-refractivity contribution is 5.96. The van der Waals surface area contributed by atoms with E-state index in [0.717, 1.165) is 51.4 Å². The van der Waals surface area contributed by atoms with E-state index in [-0.39, 0.29) is 23.8 Å². The Balaban J connectivity index is 1.51. The van der Waals surface area contributed by atoms with E-state index in [4.69, 9.17) is 4.74 Å². The summed E-state index contributed by atoms with van der Waals surface area (Å²) in [6, 6.07) is -1.51. The third kappa shape index (κ3) is 5.39. The van der Waals surface area contributed by atoms with Gasteiger partial charge in [-0.1, -0.05) is 31.9 Å². The highest BCUT2D eigenvalue weighted by atomic mass is 16.6. The topological polar surface area (TPSA) is 125 Å². The lowest BCUT2D eigenvalue weighted by Gasteiger charge is -2.29. The predicted molar refractivity (Wildman–Crippen MR) is 124 cm³/mol. The van der Waals surface area contributed by atoms with Crippen molar-refractivity contribution in [1.29, 1.82) is 0 Å². The van der Waals surface area contributed by atoms with Gasteiger partial charge in [-0.05, 0) is 63.7 Å². The summed E-state index contributed by atoms with van der Waals surface area (Å²) in [5, 5.41) is 15.4. The first-order valence-corrected chi connectivity index (χ1v) is 12.8. The van der Waals surface area contributed by atoms with Crippen LogP contribution in [0.3, 0.4) is 0 Å². The van der Waals surface area contributed by atoms with E-state index in [1.54, 1.807) is 0 Å². The monoisotopic (exact) mass is 475 g/mol. The van der Waals surface area contributed by atoms with Crippen molar-refractivity contribution >= 4 is 23.9 Å². The fraction of sp³-hybridized carbons (Fsp3) is 0.760. The van der Waals surface area contributed by atoms with Crippen LogP contribution in [-0.4, -0.2) is 64.2 Å². The quantitative estimate of drug-likeness (QED) is 0.539. The summed E-state index contributed by atoms with van der Waals surface area (Å²) in [6.45, 7) is 2.37. The molecule has 2 saturated carbocycles. The van der Waals surface area contributed by atoms with E-state index in [1.807, 2.05) is 19.1 Å². The van der Waals surface area contributed by atoms with Gasteiger partial charge >= 0.3 is 12.1 Å². The minimum absolute atomic E-state index is 0.0975. The SMILES string of the molecule is C[C@@H]1C[C@H]2C(=O)N[C@]3(C(=O)O)C[C@H]3/C=C\CCCCC[C@H](NC(=O)OC3CCCC3)C(=O)N2C1. The number of aliphatic carboxylic acids is 1. The lowest BCUT2D eigenvalue weighted by Crippen LogP contribution is -2.56. The number of nitrogens with zero attached hydrogens (tertiary/aromatic N) is 1. The number of amides is 3. The molecule has 3 fully saturated rings. The van der Waals surface area contributed by atoms with Gasteiger partial charge in [-0.25, -0.2) is 9.59 Å². The Bertz CT molecular complexity index is 839. The number of alkyl carbamates (subject to hydrolysis) is 1. The van der Waals surface area contributed by atoms with E-state index in [0.29, 0.717) is 25.8 Å². The summed E-state index contributed by atoms with van der Waals surface area (Å²) < 4.78 is 5.53. The van der Waals surface area contributed by atoms with Gasteiger partial charge in [-0.15, -0.1) is 0 Å². The molecule has 2 heterocycles. The standard InChI is InChI=1S/C25H37N3O6/c1-16-13-20-21(29)27-25(23(31)32)14-17(25)9-5-3-2-4-6-12-19(22(30)28(20)15-16)26-24(33)34-18-10-7-8-11-18/h5,9,16-20H,2-4,6-8,10-15H2,1H3,(H,26,33)(H,27,29)(H,31,32)/b9-5-/t16-,17-,19+,20+,25-/m1/s1. The summed E-state index contributed by atoms with van der Waals surface area (Å²) in [7, 11) is 0. The van der Waals surface area contributed by atoms with Gasteiger partial charge in [0.15, 0.2) is 0 Å². The van der Waals surface area contributed by atoms with Crippen LogP contribution in [0.2, 0.25) is 0 Å². The van der Waals surface area contributed by atoms with Gasteiger partial charge in [-0.2, -0.15) is 0 Å². The second kappa shape index (κ2) is 10.4. The number of rotatable bonds is 3. The minimum Gasteiger partial charge on any atom is -0.479 e. The van der Waals surface area contributed by atoms with Crippen molar-refractivity contribution in [3.05, 3.63) is 12.2 Å². The van der Waals surface area contributed by atoms with Gasteiger partial charge in [0.2, 0.25) is 11.8 Å². The number of nitrogens with one attached hydrogen (secondary N) is 2. The van der Waals surface area contributed by atoms with Crippen molar-refractivity contribution in [2.75, 3.05) is 6.54 Å². The zero-order valence-corrected chi connectivity index (χ0v) is 20.0. The van der Waals surface area contributed by atoms with E-state index in [9.17, 15) is 24.3 Å². The molecule has 9 heteroatoms. The number of carbonyl (C=O) groups is 4. The van der Waals surface area contributed by atoms with Crippen LogP contribution in [0.4, 0.5) is 4.79 Å². The fourth-order valence-electron chi connectivity index (χ4n) is 5.64. The minimum atomic E-state index is -1.29. The van der Waals surface area contributed by atoms with Gasteiger partial charge in [0.05, 0.1) is 0 Å². The zero-order valence-electron chi connectivity index (χ0n) is 20.0. The molecule has 2 aliphatic heterocycles. The molecule has 3 amide bonds. The molecule has 4 aliphatic rings. The van der Waals surface area contributed by atoms with E-state index >= 15 is 0 Å². The summed E-state index contributed by atoms with van der Waals surface area (Å²) in [5.74, 6) is -1.91. The van der Waals surface area contributed by atoms with Crippen LogP contribution in [0.25, 0.3) is 0 Å². The van der Waals surface area contributed by atoms with Crippen LogP contribution in [0, 0.1) is 11.8 Å². The Labute approximate surface area is 200 Å². The first kappa shape index (κ1) is 24.5. The first-order chi connectivity index (χ1) is 16.3. The molecule has 3 N–H and O–H groups in total. The van der Waals surface area contributed by atoms with Crippen LogP contribution in [0.1, 0.15) is 77.6 Å². The second-order valence-electron chi connectivity index (χ2n) is 10.5. The number of carbonyl (C=O) groups excluding carboxylic acids is 3. The molecule has 0 aromatic carbocycles. The van der Waals surface area contributed by atoms with E-state index in [2.05, 4.69) is 10.6 Å². The highest BCUT2D eigenvalue weighted by Gasteiger charge is 2.61. The summed E-state index contributed by atoms with van der Waals surface area (Å²) in [5.41, 5.74) is -1.29. The molecule has 2 aliphatic carbocycles. The van der Waals surface area contributed by atoms with Crippen LogP contribution in [0.15, 0.2) is 12.2 Å². The van der Waals surface area contributed by atoms with Crippen LogP contribution >= 0.6 is 0 Å². The van der Waals surface area contributed by atoms with Gasteiger partial charge in [-0.3, -0.25) is 9.59 Å². The summed E-state index contributed by atoms with van der Waals surface area (Å²) in [6.07, 6.45) is 11.6. The molecule has 34 heavy (non-hydrogen) atoms. The maximum absolute atomic E-state index is 13.6. The van der Waals surface area contributed by atoms with Gasteiger partial charge in [0.25, 0.3) is 0 Å². The third-order valence-electron chi connectivity index (χ3n) is 7.74. The molecular formula is C25H37N3O6. The zero-order chi connectivity index (χ0) is 24.3. The molecule has 0 aromatic rings. The Kier molecular flexibility index (Phi) is 7.48. The second-order valence-corrected chi connectivity index (χ2v) is 10.5.